The second-order valence-electron chi connectivity index (χ2n) is 8.41. The first kappa shape index (κ1) is 21.1. The molecule has 3 rings (SSSR count). The molecule has 4 heteroatoms. The Kier molecular flexibility index (Phi) is 5.76. The van der Waals surface area contributed by atoms with Gasteiger partial charge in [-0.25, -0.2) is 0 Å². The van der Waals surface area contributed by atoms with Crippen LogP contribution in [0.1, 0.15) is 54.4 Å². The summed E-state index contributed by atoms with van der Waals surface area (Å²) in [5.74, 6) is 1.51. The average Bonchev–Trinajstić information content (AvgIpc) is 2.64. The fourth-order valence-electron chi connectivity index (χ4n) is 3.07. The predicted molar refractivity (Wildman–Crippen MR) is 121 cm³/mol. The van der Waals surface area contributed by atoms with Gasteiger partial charge in [0.1, 0.15) is 22.7 Å². The highest BCUT2D eigenvalue weighted by Crippen LogP contribution is 2.49. The summed E-state index contributed by atoms with van der Waals surface area (Å²) in [5.41, 5.74) is -0.682. The normalized spacial score (nSPS) is 12.6. The molecule has 0 heterocycles. The quantitative estimate of drug-likeness (QED) is 0.373. The second-order valence-corrected chi connectivity index (χ2v) is 9.23. The fourth-order valence-corrected chi connectivity index (χ4v) is 3.59. The zero-order valence-corrected chi connectivity index (χ0v) is 19.0. The van der Waals surface area contributed by atoms with Crippen molar-refractivity contribution >= 4 is 44.7 Å². The van der Waals surface area contributed by atoms with E-state index in [0.29, 0.717) is 10.0 Å². The van der Waals surface area contributed by atoms with Crippen molar-refractivity contribution in [2.75, 3.05) is 0 Å². The number of rotatable bonds is 6. The van der Waals surface area contributed by atoms with Crippen molar-refractivity contribution in [2.24, 2.45) is 0 Å². The largest absolute Gasteiger partial charge is 0.487 e. The molecule has 0 bridgehead atoms. The van der Waals surface area contributed by atoms with Gasteiger partial charge in [-0.3, -0.25) is 0 Å². The topological polar surface area (TPSA) is 18.5 Å². The van der Waals surface area contributed by atoms with Crippen LogP contribution in [0.3, 0.4) is 0 Å². The molecule has 0 amide bonds. The zero-order valence-electron chi connectivity index (χ0n) is 17.5. The molecule has 0 aromatic heterocycles. The van der Waals surface area contributed by atoms with Crippen molar-refractivity contribution in [1.82, 2.24) is 0 Å². The van der Waals surface area contributed by atoms with Gasteiger partial charge in [-0.1, -0.05) is 61.3 Å². The maximum atomic E-state index is 6.69. The smallest absolute Gasteiger partial charge is 0.139 e. The minimum Gasteiger partial charge on any atom is -0.487 e. The van der Waals surface area contributed by atoms with Crippen molar-refractivity contribution < 1.29 is 9.47 Å². The maximum absolute atomic E-state index is 6.69. The van der Waals surface area contributed by atoms with Crippen molar-refractivity contribution in [1.29, 1.82) is 0 Å². The first-order valence-electron chi connectivity index (χ1n) is 9.80. The molecule has 0 aliphatic rings. The highest BCUT2D eigenvalue weighted by atomic mass is 35.5. The lowest BCUT2D eigenvalue weighted by atomic mass is 9.98. The Balaban J connectivity index is 2.48. The van der Waals surface area contributed by atoms with Crippen LogP contribution < -0.4 is 9.47 Å². The number of benzene rings is 3. The number of fused-ring (bicyclic) bond motifs is 2. The number of halogens is 2. The molecule has 0 radical (unpaired) electrons. The second kappa shape index (κ2) is 7.65. The molecule has 0 unspecified atom stereocenters. The van der Waals surface area contributed by atoms with E-state index in [2.05, 4.69) is 41.5 Å². The van der Waals surface area contributed by atoms with Crippen LogP contribution in [0.2, 0.25) is 10.0 Å². The molecule has 0 spiro atoms. The van der Waals surface area contributed by atoms with Crippen molar-refractivity contribution in [3.05, 3.63) is 46.4 Å². The van der Waals surface area contributed by atoms with Gasteiger partial charge in [-0.05, 0) is 52.7 Å². The average molecular weight is 419 g/mol. The van der Waals surface area contributed by atoms with Gasteiger partial charge >= 0.3 is 0 Å². The molecule has 0 atom stereocenters. The van der Waals surface area contributed by atoms with E-state index in [1.54, 1.807) is 0 Å². The Morgan fingerprint density at radius 3 is 1.46 bits per heavy atom. The van der Waals surface area contributed by atoms with Gasteiger partial charge in [-0.15, -0.1) is 0 Å². The minimum absolute atomic E-state index is 0.324. The summed E-state index contributed by atoms with van der Waals surface area (Å²) in [4.78, 5) is 0. The first-order chi connectivity index (χ1) is 13.1. The predicted octanol–water partition coefficient (Wildman–Crippen LogP) is 8.43. The highest BCUT2D eigenvalue weighted by molar-refractivity contribution is 6.40. The molecule has 0 saturated carbocycles. The number of hydrogen-bond acceptors (Lipinski definition) is 2. The van der Waals surface area contributed by atoms with E-state index in [-0.39, 0.29) is 11.2 Å². The fraction of sp³-hybridized carbons (Fsp3) is 0.417. The van der Waals surface area contributed by atoms with Crippen LogP contribution in [-0.4, -0.2) is 11.2 Å². The summed E-state index contributed by atoms with van der Waals surface area (Å²) in [6, 6.07) is 11.7. The Labute approximate surface area is 177 Å². The molecule has 0 aliphatic carbocycles. The van der Waals surface area contributed by atoms with Crippen molar-refractivity contribution in [3.8, 4) is 11.5 Å². The van der Waals surface area contributed by atoms with Gasteiger partial charge < -0.3 is 9.47 Å². The summed E-state index contributed by atoms with van der Waals surface area (Å²) in [5, 5.41) is 4.80. The van der Waals surface area contributed by atoms with Crippen LogP contribution in [0, 0.1) is 0 Å². The molecule has 2 nitrogen and oxygen atoms in total. The number of hydrogen-bond donors (Lipinski definition) is 0. The lowest BCUT2D eigenvalue weighted by Crippen LogP contribution is -2.28. The van der Waals surface area contributed by atoms with Crippen LogP contribution in [0.15, 0.2) is 36.4 Å². The molecule has 0 fully saturated rings. The molecule has 3 aromatic rings. The molecular weight excluding hydrogens is 391 g/mol. The van der Waals surface area contributed by atoms with E-state index in [0.717, 1.165) is 45.9 Å². The monoisotopic (exact) mass is 418 g/mol. The minimum atomic E-state index is -0.358. The summed E-state index contributed by atoms with van der Waals surface area (Å²) in [7, 11) is 0. The molecule has 28 heavy (non-hydrogen) atoms. The standard InChI is InChI=1S/C24H28Cl2O2/c1-7-23(3,4)27-21-15-11-9-13-17(25)19(15)22(28-24(5,6)8-2)20-16(21)12-10-14-18(20)26/h9-14H,7-8H2,1-6H3. The van der Waals surface area contributed by atoms with Crippen LogP contribution in [-0.2, 0) is 0 Å². The summed E-state index contributed by atoms with van der Waals surface area (Å²) >= 11 is 13.4. The van der Waals surface area contributed by atoms with E-state index in [9.17, 15) is 0 Å². The third-order valence-electron chi connectivity index (χ3n) is 5.43. The van der Waals surface area contributed by atoms with Crippen LogP contribution in [0.5, 0.6) is 11.5 Å². The molecular formula is C24H28Cl2O2. The van der Waals surface area contributed by atoms with Crippen LogP contribution in [0.25, 0.3) is 21.5 Å². The Morgan fingerprint density at radius 1 is 0.679 bits per heavy atom. The lowest BCUT2D eigenvalue weighted by Gasteiger charge is -2.30. The zero-order chi connectivity index (χ0) is 20.7. The van der Waals surface area contributed by atoms with Crippen molar-refractivity contribution in [3.63, 3.8) is 0 Å². The van der Waals surface area contributed by atoms with Crippen LogP contribution >= 0.6 is 23.2 Å². The third kappa shape index (κ3) is 3.90. The Bertz CT molecular complexity index is 959. The summed E-state index contributed by atoms with van der Waals surface area (Å²) in [6.07, 6.45) is 1.73. The van der Waals surface area contributed by atoms with E-state index >= 15 is 0 Å². The molecule has 150 valence electrons. The first-order valence-corrected chi connectivity index (χ1v) is 10.6. The third-order valence-corrected chi connectivity index (χ3v) is 6.06. The van der Waals surface area contributed by atoms with Crippen LogP contribution in [0.4, 0.5) is 0 Å². The molecule has 0 aliphatic heterocycles. The van der Waals surface area contributed by atoms with Crippen molar-refractivity contribution in [2.45, 2.75) is 65.6 Å². The number of ether oxygens (including phenoxy) is 2. The van der Waals surface area contributed by atoms with Gasteiger partial charge in [0.05, 0.1) is 10.0 Å². The Hall–Kier alpha value is -1.64. The van der Waals surface area contributed by atoms with E-state index < -0.39 is 0 Å². The summed E-state index contributed by atoms with van der Waals surface area (Å²) in [6.45, 7) is 12.5. The lowest BCUT2D eigenvalue weighted by molar-refractivity contribution is 0.106. The van der Waals surface area contributed by atoms with Gasteiger partial charge in [0.25, 0.3) is 0 Å². The van der Waals surface area contributed by atoms with Gasteiger partial charge in [0, 0.05) is 21.5 Å². The van der Waals surface area contributed by atoms with Gasteiger partial charge in [0.2, 0.25) is 0 Å². The molecule has 3 aromatic carbocycles. The Morgan fingerprint density at radius 2 is 1.07 bits per heavy atom. The molecule has 0 N–H and O–H groups in total. The SMILES string of the molecule is CCC(C)(C)Oc1c2cccc(Cl)c2c(OC(C)(C)CC)c2c(Cl)cccc12. The maximum Gasteiger partial charge on any atom is 0.139 e. The molecule has 0 saturated heterocycles. The highest BCUT2D eigenvalue weighted by Gasteiger charge is 2.27. The van der Waals surface area contributed by atoms with Gasteiger partial charge in [0.15, 0.2) is 0 Å². The van der Waals surface area contributed by atoms with E-state index in [1.807, 2.05) is 36.4 Å². The van der Waals surface area contributed by atoms with Gasteiger partial charge in [-0.2, -0.15) is 0 Å². The van der Waals surface area contributed by atoms with E-state index in [4.69, 9.17) is 32.7 Å². The van der Waals surface area contributed by atoms with E-state index in [1.165, 1.54) is 0 Å². The summed E-state index contributed by atoms with van der Waals surface area (Å²) < 4.78 is 13.1.